The molecule has 0 aliphatic carbocycles. The van der Waals surface area contributed by atoms with Crippen molar-refractivity contribution in [1.29, 1.82) is 0 Å². The molecule has 0 unspecified atom stereocenters. The molecule has 0 bridgehead atoms. The number of thiophene rings is 1. The lowest BCUT2D eigenvalue weighted by Gasteiger charge is -2.34. The molecule has 1 aliphatic heterocycles. The lowest BCUT2D eigenvalue weighted by atomic mass is 9.93. The molecule has 0 radical (unpaired) electrons. The molecule has 1 aliphatic rings. The van der Waals surface area contributed by atoms with Crippen molar-refractivity contribution in [2.45, 2.75) is 25.7 Å². The van der Waals surface area contributed by atoms with Crippen LogP contribution in [0.4, 0.5) is 0 Å². The SMILES string of the molecule is CN=C(NCCc1ccc(Cl)s1)N1CCC(CC(=O)NC)CC1. The Bertz CT molecular complexity index is 538. The maximum Gasteiger partial charge on any atom is 0.220 e. The van der Waals surface area contributed by atoms with Gasteiger partial charge in [0.2, 0.25) is 5.91 Å². The second-order valence-corrected chi connectivity index (χ2v) is 7.54. The second kappa shape index (κ2) is 9.13. The third-order valence-electron chi connectivity index (χ3n) is 4.16. The van der Waals surface area contributed by atoms with E-state index in [1.807, 2.05) is 13.1 Å². The molecular formula is C16H25ClN4OS. The summed E-state index contributed by atoms with van der Waals surface area (Å²) < 4.78 is 0.836. The fraction of sp³-hybridized carbons (Fsp3) is 0.625. The highest BCUT2D eigenvalue weighted by Crippen LogP contribution is 2.22. The highest BCUT2D eigenvalue weighted by molar-refractivity contribution is 7.16. The molecule has 0 aromatic carbocycles. The van der Waals surface area contributed by atoms with Crippen LogP contribution in [-0.4, -0.2) is 50.5 Å². The normalized spacial score (nSPS) is 16.5. The number of rotatable bonds is 5. The van der Waals surface area contributed by atoms with Crippen LogP contribution in [0.5, 0.6) is 0 Å². The maximum atomic E-state index is 11.5. The highest BCUT2D eigenvalue weighted by Gasteiger charge is 2.22. The number of nitrogens with zero attached hydrogens (tertiary/aromatic N) is 2. The zero-order chi connectivity index (χ0) is 16.7. The van der Waals surface area contributed by atoms with Crippen molar-refractivity contribution in [2.24, 2.45) is 10.9 Å². The van der Waals surface area contributed by atoms with Crippen LogP contribution in [0, 0.1) is 5.92 Å². The molecule has 2 rings (SSSR count). The number of hydrogen-bond acceptors (Lipinski definition) is 3. The minimum atomic E-state index is 0.139. The summed E-state index contributed by atoms with van der Waals surface area (Å²) in [6, 6.07) is 4.01. The molecule has 128 valence electrons. The van der Waals surface area contributed by atoms with Crippen molar-refractivity contribution in [3.63, 3.8) is 0 Å². The Morgan fingerprint density at radius 3 is 2.74 bits per heavy atom. The fourth-order valence-electron chi connectivity index (χ4n) is 2.83. The summed E-state index contributed by atoms with van der Waals surface area (Å²) in [5.74, 6) is 1.57. The zero-order valence-electron chi connectivity index (χ0n) is 13.8. The van der Waals surface area contributed by atoms with E-state index in [9.17, 15) is 4.79 Å². The molecule has 2 N–H and O–H groups in total. The maximum absolute atomic E-state index is 11.5. The van der Waals surface area contributed by atoms with E-state index >= 15 is 0 Å². The number of amides is 1. The van der Waals surface area contributed by atoms with Crippen LogP contribution in [0.3, 0.4) is 0 Å². The first kappa shape index (κ1) is 18.1. The minimum absolute atomic E-state index is 0.139. The molecular weight excluding hydrogens is 332 g/mol. The van der Waals surface area contributed by atoms with Gasteiger partial charge in [0.05, 0.1) is 4.34 Å². The molecule has 1 amide bonds. The Morgan fingerprint density at radius 1 is 1.43 bits per heavy atom. The van der Waals surface area contributed by atoms with E-state index in [4.69, 9.17) is 11.6 Å². The Labute approximate surface area is 147 Å². The zero-order valence-corrected chi connectivity index (χ0v) is 15.3. The summed E-state index contributed by atoms with van der Waals surface area (Å²) in [7, 11) is 3.52. The van der Waals surface area contributed by atoms with E-state index in [1.54, 1.807) is 18.4 Å². The third kappa shape index (κ3) is 5.70. The largest absolute Gasteiger partial charge is 0.359 e. The predicted molar refractivity (Wildman–Crippen MR) is 97.4 cm³/mol. The molecule has 1 fully saturated rings. The molecule has 23 heavy (non-hydrogen) atoms. The average Bonchev–Trinajstić information content (AvgIpc) is 2.98. The van der Waals surface area contributed by atoms with Gasteiger partial charge < -0.3 is 15.5 Å². The van der Waals surface area contributed by atoms with Gasteiger partial charge in [-0.05, 0) is 37.3 Å². The van der Waals surface area contributed by atoms with Crippen LogP contribution in [0.1, 0.15) is 24.1 Å². The number of guanidine groups is 1. The fourth-order valence-corrected chi connectivity index (χ4v) is 3.92. The van der Waals surface area contributed by atoms with Crippen molar-refractivity contribution in [3.05, 3.63) is 21.3 Å². The van der Waals surface area contributed by atoms with E-state index in [1.165, 1.54) is 4.88 Å². The number of aliphatic imine (C=N–C) groups is 1. The van der Waals surface area contributed by atoms with Crippen molar-refractivity contribution in [1.82, 2.24) is 15.5 Å². The number of carbonyl (C=O) groups excluding carboxylic acids is 1. The topological polar surface area (TPSA) is 56.7 Å². The highest BCUT2D eigenvalue weighted by atomic mass is 35.5. The van der Waals surface area contributed by atoms with E-state index < -0.39 is 0 Å². The molecule has 0 atom stereocenters. The Balaban J connectivity index is 1.73. The van der Waals surface area contributed by atoms with Gasteiger partial charge in [-0.2, -0.15) is 0 Å². The van der Waals surface area contributed by atoms with Gasteiger partial charge in [-0.1, -0.05) is 11.6 Å². The molecule has 1 aromatic rings. The van der Waals surface area contributed by atoms with Crippen molar-refractivity contribution >= 4 is 34.8 Å². The predicted octanol–water partition coefficient (Wildman–Crippen LogP) is 2.37. The number of nitrogens with one attached hydrogen (secondary N) is 2. The molecule has 5 nitrogen and oxygen atoms in total. The number of likely N-dealkylation sites (tertiary alicyclic amines) is 1. The molecule has 0 saturated carbocycles. The molecule has 7 heteroatoms. The molecule has 0 spiro atoms. The van der Waals surface area contributed by atoms with Gasteiger partial charge in [0.25, 0.3) is 0 Å². The number of carbonyl (C=O) groups is 1. The summed E-state index contributed by atoms with van der Waals surface area (Å²) in [5, 5.41) is 6.13. The number of piperidine rings is 1. The summed E-state index contributed by atoms with van der Waals surface area (Å²) in [5.41, 5.74) is 0. The first-order valence-electron chi connectivity index (χ1n) is 8.02. The van der Waals surface area contributed by atoms with E-state index in [-0.39, 0.29) is 5.91 Å². The summed E-state index contributed by atoms with van der Waals surface area (Å²) >= 11 is 7.57. The van der Waals surface area contributed by atoms with Gasteiger partial charge in [-0.3, -0.25) is 9.79 Å². The standard InChI is InChI=1S/C16H25ClN4OS/c1-18-15(22)11-12-6-9-21(10-7-12)16(19-2)20-8-5-13-3-4-14(17)23-13/h3-4,12H,5-11H2,1-2H3,(H,18,22)(H,19,20). The van der Waals surface area contributed by atoms with Crippen LogP contribution < -0.4 is 10.6 Å². The molecule has 2 heterocycles. The van der Waals surface area contributed by atoms with Crippen molar-refractivity contribution in [2.75, 3.05) is 33.7 Å². The van der Waals surface area contributed by atoms with Crippen molar-refractivity contribution in [3.8, 4) is 0 Å². The van der Waals surface area contributed by atoms with Crippen LogP contribution in [-0.2, 0) is 11.2 Å². The molecule has 1 aromatic heterocycles. The smallest absolute Gasteiger partial charge is 0.220 e. The lowest BCUT2D eigenvalue weighted by Crippen LogP contribution is -2.46. The summed E-state index contributed by atoms with van der Waals surface area (Å²) in [6.07, 6.45) is 3.66. The third-order valence-corrected chi connectivity index (χ3v) is 5.45. The van der Waals surface area contributed by atoms with Gasteiger partial charge in [0.15, 0.2) is 5.96 Å². The van der Waals surface area contributed by atoms with Crippen molar-refractivity contribution < 1.29 is 4.79 Å². The second-order valence-electron chi connectivity index (χ2n) is 5.74. The monoisotopic (exact) mass is 356 g/mol. The quantitative estimate of drug-likeness (QED) is 0.629. The average molecular weight is 357 g/mol. The van der Waals surface area contributed by atoms with Gasteiger partial charge in [0.1, 0.15) is 0 Å². The van der Waals surface area contributed by atoms with E-state index in [0.29, 0.717) is 12.3 Å². The summed E-state index contributed by atoms with van der Waals surface area (Å²) in [6.45, 7) is 2.75. The summed E-state index contributed by atoms with van der Waals surface area (Å²) in [4.78, 5) is 19.4. The Kier molecular flexibility index (Phi) is 7.17. The van der Waals surface area contributed by atoms with Gasteiger partial charge in [-0.15, -0.1) is 11.3 Å². The van der Waals surface area contributed by atoms with Crippen LogP contribution in [0.25, 0.3) is 0 Å². The first-order chi connectivity index (χ1) is 11.1. The van der Waals surface area contributed by atoms with Crippen LogP contribution in [0.2, 0.25) is 4.34 Å². The van der Waals surface area contributed by atoms with Gasteiger partial charge >= 0.3 is 0 Å². The van der Waals surface area contributed by atoms with Gasteiger partial charge in [0, 0.05) is 45.0 Å². The Hall–Kier alpha value is -1.27. The molecule has 1 saturated heterocycles. The minimum Gasteiger partial charge on any atom is -0.359 e. The van der Waals surface area contributed by atoms with Gasteiger partial charge in [-0.25, -0.2) is 0 Å². The number of halogens is 1. The number of hydrogen-bond donors (Lipinski definition) is 2. The van der Waals surface area contributed by atoms with Crippen LogP contribution >= 0.6 is 22.9 Å². The van der Waals surface area contributed by atoms with Crippen LogP contribution in [0.15, 0.2) is 17.1 Å². The first-order valence-corrected chi connectivity index (χ1v) is 9.22. The Morgan fingerprint density at radius 2 is 2.17 bits per heavy atom. The van der Waals surface area contributed by atoms with E-state index in [0.717, 1.165) is 49.2 Å². The van der Waals surface area contributed by atoms with E-state index in [2.05, 4.69) is 26.6 Å². The lowest BCUT2D eigenvalue weighted by molar-refractivity contribution is -0.121.